The molecule has 3 aromatic carbocycles. The lowest BCUT2D eigenvalue weighted by atomic mass is 10.00. The summed E-state index contributed by atoms with van der Waals surface area (Å²) in [5.41, 5.74) is 2.87. The summed E-state index contributed by atoms with van der Waals surface area (Å²) in [5, 5.41) is 9.18. The first kappa shape index (κ1) is 28.0. The van der Waals surface area contributed by atoms with Crippen LogP contribution in [0.5, 0.6) is 11.5 Å². The van der Waals surface area contributed by atoms with Crippen LogP contribution in [0.25, 0.3) is 0 Å². The summed E-state index contributed by atoms with van der Waals surface area (Å²) in [7, 11) is 1.32. The Kier molecular flexibility index (Phi) is 8.39. The van der Waals surface area contributed by atoms with Gasteiger partial charge in [-0.2, -0.15) is 0 Å². The molecule has 3 aromatic rings. The van der Waals surface area contributed by atoms with Gasteiger partial charge >= 0.3 is 0 Å². The summed E-state index contributed by atoms with van der Waals surface area (Å²) < 4.78 is 25.8. The molecule has 41 heavy (non-hydrogen) atoms. The molecule has 0 aromatic heterocycles. The Labute approximate surface area is 237 Å². The fourth-order valence-electron chi connectivity index (χ4n) is 4.90. The Morgan fingerprint density at radius 3 is 2.24 bits per heavy atom. The van der Waals surface area contributed by atoms with Crippen molar-refractivity contribution < 1.29 is 28.2 Å². The smallest absolute Gasteiger partial charge is 0.251 e. The van der Waals surface area contributed by atoms with Crippen molar-refractivity contribution in [2.24, 2.45) is 4.99 Å². The number of methoxy groups -OCH3 is 1. The first-order chi connectivity index (χ1) is 19.9. The van der Waals surface area contributed by atoms with Crippen LogP contribution in [-0.4, -0.2) is 62.7 Å². The minimum absolute atomic E-state index is 0.0646. The molecule has 0 radical (unpaired) electrons. The Hall–Kier alpha value is -4.57. The highest BCUT2D eigenvalue weighted by atomic mass is 19.1. The SMILES string of the molecule is CCCOc1ccc(OC)c(F)c1C(=O)c1ccc(C(=O)N[C@@H]2CNC[C@@H]2NC(=O)c2ccc3c(c2)CN=C3)cc1. The fourth-order valence-corrected chi connectivity index (χ4v) is 4.90. The Bertz CT molecular complexity index is 1510. The summed E-state index contributed by atoms with van der Waals surface area (Å²) >= 11 is 0. The first-order valence-corrected chi connectivity index (χ1v) is 13.5. The van der Waals surface area contributed by atoms with Crippen LogP contribution in [0.2, 0.25) is 0 Å². The van der Waals surface area contributed by atoms with Gasteiger partial charge in [0.05, 0.1) is 32.3 Å². The minimum Gasteiger partial charge on any atom is -0.494 e. The minimum atomic E-state index is -0.803. The van der Waals surface area contributed by atoms with Gasteiger partial charge in [0.1, 0.15) is 11.3 Å². The van der Waals surface area contributed by atoms with Gasteiger partial charge in [-0.15, -0.1) is 0 Å². The average Bonchev–Trinajstić information content (AvgIpc) is 3.64. The maximum absolute atomic E-state index is 15.1. The molecule has 0 spiro atoms. The standard InChI is InChI=1S/C31H31FN4O5/c1-3-12-41-25-10-11-26(40-2)28(32)27(25)29(37)18-4-6-19(7-5-18)30(38)35-23-16-34-17-24(23)36-31(39)20-8-9-21-14-33-15-22(21)13-20/h4-11,13-14,23-24,34H,3,12,15-17H2,1-2H3,(H,35,38)(H,36,39)/t23-,24+/m1/s1. The molecule has 0 aliphatic carbocycles. The summed E-state index contributed by atoms with van der Waals surface area (Å²) in [6.45, 7) is 3.79. The highest BCUT2D eigenvalue weighted by Crippen LogP contribution is 2.31. The zero-order valence-electron chi connectivity index (χ0n) is 22.8. The molecule has 2 heterocycles. The number of ketones is 1. The molecule has 2 atom stereocenters. The van der Waals surface area contributed by atoms with Crippen molar-refractivity contribution in [2.75, 3.05) is 26.8 Å². The van der Waals surface area contributed by atoms with Crippen LogP contribution < -0.4 is 25.4 Å². The number of carbonyl (C=O) groups excluding carboxylic acids is 3. The zero-order chi connectivity index (χ0) is 28.9. The second kappa shape index (κ2) is 12.3. The fraction of sp³-hybridized carbons (Fsp3) is 0.290. The molecule has 2 amide bonds. The molecule has 2 aliphatic heterocycles. The summed E-state index contributed by atoms with van der Waals surface area (Å²) in [6, 6.07) is 13.7. The maximum atomic E-state index is 15.1. The van der Waals surface area contributed by atoms with Crippen LogP contribution in [0.4, 0.5) is 4.39 Å². The summed E-state index contributed by atoms with van der Waals surface area (Å²) in [5.74, 6) is -1.89. The monoisotopic (exact) mass is 558 g/mol. The molecule has 3 N–H and O–H groups in total. The molecular formula is C31H31FN4O5. The number of aliphatic imine (C=N–C) groups is 1. The number of fused-ring (bicyclic) bond motifs is 1. The number of rotatable bonds is 10. The normalized spacial score (nSPS) is 17.1. The third-order valence-corrected chi connectivity index (χ3v) is 7.13. The van der Waals surface area contributed by atoms with Crippen LogP contribution >= 0.6 is 0 Å². The van der Waals surface area contributed by atoms with E-state index in [-0.39, 0.29) is 46.5 Å². The number of nitrogens with one attached hydrogen (secondary N) is 3. The van der Waals surface area contributed by atoms with Gasteiger partial charge in [0.15, 0.2) is 17.3 Å². The molecule has 212 valence electrons. The number of amides is 2. The van der Waals surface area contributed by atoms with Crippen molar-refractivity contribution in [1.29, 1.82) is 0 Å². The summed E-state index contributed by atoms with van der Waals surface area (Å²) in [6.07, 6.45) is 2.48. The number of ether oxygens (including phenoxy) is 2. The van der Waals surface area contributed by atoms with E-state index in [1.165, 1.54) is 43.5 Å². The molecule has 0 bridgehead atoms. The van der Waals surface area contributed by atoms with Gasteiger partial charge in [0, 0.05) is 36.0 Å². The zero-order valence-corrected chi connectivity index (χ0v) is 22.8. The molecule has 10 heteroatoms. The van der Waals surface area contributed by atoms with Crippen LogP contribution in [0.1, 0.15) is 61.1 Å². The van der Waals surface area contributed by atoms with Crippen LogP contribution in [0, 0.1) is 5.82 Å². The lowest BCUT2D eigenvalue weighted by molar-refractivity contribution is 0.0896. The van der Waals surface area contributed by atoms with Crippen molar-refractivity contribution in [1.82, 2.24) is 16.0 Å². The number of benzene rings is 3. The average molecular weight is 559 g/mol. The highest BCUT2D eigenvalue weighted by molar-refractivity contribution is 6.11. The predicted molar refractivity (Wildman–Crippen MR) is 152 cm³/mol. The van der Waals surface area contributed by atoms with Crippen LogP contribution in [0.3, 0.4) is 0 Å². The molecule has 2 aliphatic rings. The van der Waals surface area contributed by atoms with E-state index in [2.05, 4.69) is 20.9 Å². The molecule has 5 rings (SSSR count). The molecular weight excluding hydrogens is 527 g/mol. The van der Waals surface area contributed by atoms with Crippen molar-refractivity contribution >= 4 is 23.8 Å². The Balaban J connectivity index is 1.25. The van der Waals surface area contributed by atoms with Crippen molar-refractivity contribution in [3.05, 3.63) is 93.8 Å². The highest BCUT2D eigenvalue weighted by Gasteiger charge is 2.30. The number of carbonyl (C=O) groups is 3. The van der Waals surface area contributed by atoms with Gasteiger partial charge in [0.2, 0.25) is 0 Å². The molecule has 1 saturated heterocycles. The van der Waals surface area contributed by atoms with Gasteiger partial charge < -0.3 is 25.4 Å². The van der Waals surface area contributed by atoms with Crippen LogP contribution in [0.15, 0.2) is 59.6 Å². The lowest BCUT2D eigenvalue weighted by Crippen LogP contribution is -2.51. The van der Waals surface area contributed by atoms with Crippen molar-refractivity contribution in [3.63, 3.8) is 0 Å². The number of nitrogens with zero attached hydrogens (tertiary/aromatic N) is 1. The second-order valence-electron chi connectivity index (χ2n) is 9.91. The van der Waals surface area contributed by atoms with Gasteiger partial charge in [-0.25, -0.2) is 4.39 Å². The van der Waals surface area contributed by atoms with E-state index in [9.17, 15) is 14.4 Å². The van der Waals surface area contributed by atoms with Gasteiger partial charge in [-0.05, 0) is 53.9 Å². The third kappa shape index (κ3) is 5.97. The predicted octanol–water partition coefficient (Wildman–Crippen LogP) is 3.29. The number of hydrogen-bond donors (Lipinski definition) is 3. The van der Waals surface area contributed by atoms with E-state index in [1.54, 1.807) is 12.3 Å². The number of hydrogen-bond acceptors (Lipinski definition) is 7. The van der Waals surface area contributed by atoms with E-state index in [0.717, 1.165) is 11.1 Å². The van der Waals surface area contributed by atoms with E-state index in [1.807, 2.05) is 19.1 Å². The van der Waals surface area contributed by atoms with Crippen molar-refractivity contribution in [2.45, 2.75) is 32.0 Å². The third-order valence-electron chi connectivity index (χ3n) is 7.13. The molecule has 1 fully saturated rings. The van der Waals surface area contributed by atoms with Gasteiger partial charge in [0.25, 0.3) is 11.8 Å². The second-order valence-corrected chi connectivity index (χ2v) is 9.91. The topological polar surface area (TPSA) is 118 Å². The van der Waals surface area contributed by atoms with Gasteiger partial charge in [-0.3, -0.25) is 19.4 Å². The number of halogens is 1. The maximum Gasteiger partial charge on any atom is 0.251 e. The largest absolute Gasteiger partial charge is 0.494 e. The Morgan fingerprint density at radius 1 is 0.927 bits per heavy atom. The van der Waals surface area contributed by atoms with E-state index in [4.69, 9.17) is 9.47 Å². The summed E-state index contributed by atoms with van der Waals surface area (Å²) in [4.78, 5) is 43.4. The van der Waals surface area contributed by atoms with E-state index >= 15 is 4.39 Å². The lowest BCUT2D eigenvalue weighted by Gasteiger charge is -2.21. The van der Waals surface area contributed by atoms with Crippen molar-refractivity contribution in [3.8, 4) is 11.5 Å². The Morgan fingerprint density at radius 2 is 1.56 bits per heavy atom. The van der Waals surface area contributed by atoms with E-state index in [0.29, 0.717) is 43.8 Å². The van der Waals surface area contributed by atoms with Crippen LogP contribution in [-0.2, 0) is 6.54 Å². The quantitative estimate of drug-likeness (QED) is 0.329. The molecule has 0 unspecified atom stereocenters. The molecule has 0 saturated carbocycles. The molecule has 9 nitrogen and oxygen atoms in total. The first-order valence-electron chi connectivity index (χ1n) is 13.5. The van der Waals surface area contributed by atoms with Gasteiger partial charge in [-0.1, -0.05) is 25.1 Å². The van der Waals surface area contributed by atoms with E-state index < -0.39 is 11.6 Å².